The second-order valence-corrected chi connectivity index (χ2v) is 8.06. The van der Waals surface area contributed by atoms with Gasteiger partial charge < -0.3 is 19.5 Å². The number of hydrogen-bond acceptors (Lipinski definition) is 4. The van der Waals surface area contributed by atoms with Crippen LogP contribution >= 0.6 is 11.6 Å². The Hall–Kier alpha value is -1.90. The average molecular weight is 471 g/mol. The van der Waals surface area contributed by atoms with Gasteiger partial charge in [-0.2, -0.15) is 0 Å². The Labute approximate surface area is 211 Å². The first kappa shape index (κ1) is 26.4. The fourth-order valence-corrected chi connectivity index (χ4v) is 3.88. The van der Waals surface area contributed by atoms with E-state index in [1.165, 1.54) is 25.4 Å². The molecule has 6 nitrogen and oxygen atoms in total. The zero-order valence-electron chi connectivity index (χ0n) is 18.4. The van der Waals surface area contributed by atoms with Crippen LogP contribution in [0.4, 0.5) is 4.39 Å². The molecule has 1 heterocycles. The number of carboxylic acids is 1. The Morgan fingerprint density at radius 3 is 2.50 bits per heavy atom. The van der Waals surface area contributed by atoms with Gasteiger partial charge in [-0.05, 0) is 29.2 Å². The number of carboxylic acid groups (broad SMARTS) is 1. The van der Waals surface area contributed by atoms with Crippen molar-refractivity contribution in [3.05, 3.63) is 74.3 Å². The van der Waals surface area contributed by atoms with Crippen molar-refractivity contribution >= 4 is 58.0 Å². The predicted molar refractivity (Wildman–Crippen MR) is 123 cm³/mol. The van der Waals surface area contributed by atoms with Crippen LogP contribution in [0.1, 0.15) is 41.4 Å². The molecule has 2 N–H and O–H groups in total. The first-order valence-corrected chi connectivity index (χ1v) is 10.1. The molecule has 0 spiro atoms. The van der Waals surface area contributed by atoms with Crippen LogP contribution in [0, 0.1) is 11.7 Å². The van der Waals surface area contributed by atoms with Gasteiger partial charge >= 0.3 is 5.97 Å². The maximum atomic E-state index is 14.4. The number of benzene rings is 2. The first-order chi connectivity index (χ1) is 14.7. The third-order valence-corrected chi connectivity index (χ3v) is 5.68. The molecule has 3 rings (SSSR count). The van der Waals surface area contributed by atoms with E-state index in [1.807, 2.05) is 13.8 Å². The van der Waals surface area contributed by atoms with E-state index in [0.717, 1.165) is 0 Å². The Morgan fingerprint density at radius 1 is 1.25 bits per heavy atom. The van der Waals surface area contributed by atoms with Gasteiger partial charge in [0.05, 0.1) is 30.3 Å². The first-order valence-electron chi connectivity index (χ1n) is 9.72. The van der Waals surface area contributed by atoms with E-state index in [2.05, 4.69) is 0 Å². The molecule has 0 bridgehead atoms. The summed E-state index contributed by atoms with van der Waals surface area (Å²) in [6, 6.07) is 7.33. The van der Waals surface area contributed by atoms with Gasteiger partial charge in [0.25, 0.3) is 0 Å². The molecule has 0 aliphatic carbocycles. The molecule has 0 aliphatic rings. The topological polar surface area (TPSA) is 88.8 Å². The van der Waals surface area contributed by atoms with Crippen molar-refractivity contribution < 1.29 is 24.1 Å². The molecule has 0 amide bonds. The van der Waals surface area contributed by atoms with Crippen LogP contribution in [0.3, 0.4) is 0 Å². The second kappa shape index (κ2) is 10.8. The molecular weight excluding hydrogens is 448 g/mol. The van der Waals surface area contributed by atoms with Crippen LogP contribution in [-0.2, 0) is 6.42 Å². The number of aliphatic hydroxyl groups is 1. The summed E-state index contributed by atoms with van der Waals surface area (Å²) in [5.41, 5.74) is 0.184. The van der Waals surface area contributed by atoms with Crippen LogP contribution in [0.15, 0.2) is 41.3 Å². The van der Waals surface area contributed by atoms with Gasteiger partial charge in [-0.15, -0.1) is 0 Å². The molecule has 1 atom stereocenters. The number of aromatic carboxylic acids is 1. The number of aromatic nitrogens is 1. The fourth-order valence-electron chi connectivity index (χ4n) is 3.69. The summed E-state index contributed by atoms with van der Waals surface area (Å²) in [7, 11) is 1.46. The summed E-state index contributed by atoms with van der Waals surface area (Å²) in [4.78, 5) is 24.7. The number of hydrogen-bond donors (Lipinski definition) is 2. The molecule has 9 heteroatoms. The van der Waals surface area contributed by atoms with Crippen LogP contribution in [0.25, 0.3) is 10.9 Å². The zero-order chi connectivity index (χ0) is 22.9. The van der Waals surface area contributed by atoms with Gasteiger partial charge in [-0.25, -0.2) is 9.18 Å². The largest absolute Gasteiger partial charge is 0.496 e. The van der Waals surface area contributed by atoms with Crippen LogP contribution in [0.2, 0.25) is 5.02 Å². The van der Waals surface area contributed by atoms with Gasteiger partial charge in [0.1, 0.15) is 17.1 Å². The number of pyridine rings is 1. The number of halogens is 2. The van der Waals surface area contributed by atoms with Crippen molar-refractivity contribution in [2.24, 2.45) is 5.92 Å². The maximum absolute atomic E-state index is 14.4. The van der Waals surface area contributed by atoms with E-state index in [1.54, 1.807) is 22.8 Å². The van der Waals surface area contributed by atoms with Gasteiger partial charge in [0.15, 0.2) is 0 Å². The minimum Gasteiger partial charge on any atom is -0.496 e. The van der Waals surface area contributed by atoms with Gasteiger partial charge in [0, 0.05) is 53.6 Å². The molecule has 0 unspecified atom stereocenters. The summed E-state index contributed by atoms with van der Waals surface area (Å²) in [6.07, 6.45) is 1.35. The van der Waals surface area contributed by atoms with E-state index in [4.69, 9.17) is 16.3 Å². The fraction of sp³-hybridized carbons (Fsp3) is 0.304. The average Bonchev–Trinajstić information content (AvgIpc) is 2.72. The number of carbonyl (C=O) groups is 1. The molecule has 32 heavy (non-hydrogen) atoms. The smallest absolute Gasteiger partial charge is 0.341 e. The Kier molecular flexibility index (Phi) is 8.90. The third kappa shape index (κ3) is 5.02. The predicted octanol–water partition coefficient (Wildman–Crippen LogP) is 3.90. The normalized spacial score (nSPS) is 12.0. The molecule has 1 radical (unpaired) electrons. The minimum atomic E-state index is -1.36. The van der Waals surface area contributed by atoms with Crippen LogP contribution in [-0.4, -0.2) is 64.0 Å². The van der Waals surface area contributed by atoms with Crippen LogP contribution in [0.5, 0.6) is 5.75 Å². The van der Waals surface area contributed by atoms with E-state index < -0.39 is 28.8 Å². The molecule has 0 saturated carbocycles. The molecular formula is C23H23ClFNNaO5. The number of aliphatic hydroxyl groups excluding tert-OH is 1. The summed E-state index contributed by atoms with van der Waals surface area (Å²) in [5, 5.41) is 19.6. The van der Waals surface area contributed by atoms with Crippen molar-refractivity contribution in [1.29, 1.82) is 0 Å². The van der Waals surface area contributed by atoms with E-state index in [9.17, 15) is 24.2 Å². The Balaban J connectivity index is 0.00000363. The monoisotopic (exact) mass is 470 g/mol. The maximum Gasteiger partial charge on any atom is 0.341 e. The third-order valence-electron chi connectivity index (χ3n) is 5.39. The molecule has 2 aromatic carbocycles. The molecule has 0 fully saturated rings. The number of nitrogens with zero attached hydrogens (tertiary/aromatic N) is 1. The Morgan fingerprint density at radius 2 is 1.94 bits per heavy atom. The molecule has 3 aromatic rings. The second-order valence-electron chi connectivity index (χ2n) is 7.65. The number of fused-ring (bicyclic) bond motifs is 1. The van der Waals surface area contributed by atoms with Crippen LogP contribution < -0.4 is 10.2 Å². The van der Waals surface area contributed by atoms with E-state index >= 15 is 0 Å². The van der Waals surface area contributed by atoms with E-state index in [0.29, 0.717) is 22.4 Å². The standard InChI is InChI=1S/C23H23ClFNO5.Na/c1-12(2)19(11-27)26-10-16(23(29)30)22(28)15-8-14(20(31-3)9-18(15)26)7-13-5-4-6-17(24)21(13)25;/h4-6,8-10,12,19,27H,7,11H2,1-3H3,(H,29,30);/t19-;/m1./s1. The summed E-state index contributed by atoms with van der Waals surface area (Å²) >= 11 is 5.88. The van der Waals surface area contributed by atoms with Gasteiger partial charge in [-0.1, -0.05) is 37.6 Å². The number of ether oxygens (including phenoxy) is 1. The van der Waals surface area contributed by atoms with Crippen molar-refractivity contribution in [2.45, 2.75) is 26.3 Å². The molecule has 1 aromatic heterocycles. The molecule has 0 saturated heterocycles. The van der Waals surface area contributed by atoms with Crippen molar-refractivity contribution in [2.75, 3.05) is 13.7 Å². The quantitative estimate of drug-likeness (QED) is 0.511. The number of methoxy groups -OCH3 is 1. The summed E-state index contributed by atoms with van der Waals surface area (Å²) in [6.45, 7) is 3.53. The molecule has 0 aliphatic heterocycles. The van der Waals surface area contributed by atoms with Gasteiger partial charge in [-0.3, -0.25) is 4.79 Å². The van der Waals surface area contributed by atoms with Gasteiger partial charge in [0.2, 0.25) is 5.43 Å². The van der Waals surface area contributed by atoms with Crippen molar-refractivity contribution in [3.63, 3.8) is 0 Å². The number of rotatable bonds is 7. The summed E-state index contributed by atoms with van der Waals surface area (Å²) < 4.78 is 21.5. The van der Waals surface area contributed by atoms with Crippen molar-refractivity contribution in [1.82, 2.24) is 4.57 Å². The molecule has 165 valence electrons. The summed E-state index contributed by atoms with van der Waals surface area (Å²) in [5.74, 6) is -1.56. The Bertz CT molecular complexity index is 1210. The van der Waals surface area contributed by atoms with E-state index in [-0.39, 0.29) is 58.9 Å². The SMILES string of the molecule is COc1cc2c(cc1Cc1cccc(Cl)c1F)c(=O)c(C(=O)O)cn2[C@H](CO)C(C)C.[Na]. The van der Waals surface area contributed by atoms with Crippen molar-refractivity contribution in [3.8, 4) is 5.75 Å². The zero-order valence-corrected chi connectivity index (χ0v) is 21.1. The minimum absolute atomic E-state index is 0.